The van der Waals surface area contributed by atoms with Crippen LogP contribution in [0.15, 0.2) is 36.4 Å². The van der Waals surface area contributed by atoms with E-state index in [0.717, 1.165) is 22.3 Å². The maximum Gasteiger partial charge on any atom is 0.337 e. The first kappa shape index (κ1) is 22.9. The molecule has 1 aliphatic rings. The van der Waals surface area contributed by atoms with E-state index in [9.17, 15) is 18.0 Å². The van der Waals surface area contributed by atoms with Crippen LogP contribution in [-0.2, 0) is 26.3 Å². The van der Waals surface area contributed by atoms with Crippen LogP contribution in [-0.4, -0.2) is 55.6 Å². The first-order valence-corrected chi connectivity index (χ1v) is 11.3. The molecule has 1 aliphatic heterocycles. The lowest BCUT2D eigenvalue weighted by Gasteiger charge is -2.20. The zero-order chi connectivity index (χ0) is 22.8. The van der Waals surface area contributed by atoms with Crippen molar-refractivity contribution in [3.63, 3.8) is 0 Å². The van der Waals surface area contributed by atoms with Crippen LogP contribution in [0.25, 0.3) is 0 Å². The largest absolute Gasteiger partial charge is 0.465 e. The molecular formula is C22H27N3O5S. The molecule has 1 saturated heterocycles. The second-order valence-electron chi connectivity index (χ2n) is 7.67. The molecule has 31 heavy (non-hydrogen) atoms. The summed E-state index contributed by atoms with van der Waals surface area (Å²) in [5, 5.41) is 2.66. The second-order valence-corrected chi connectivity index (χ2v) is 9.60. The number of nitrogens with zero attached hydrogens (tertiary/aromatic N) is 2. The zero-order valence-corrected chi connectivity index (χ0v) is 19.0. The van der Waals surface area contributed by atoms with Crippen LogP contribution in [0.4, 0.5) is 5.69 Å². The molecule has 0 unspecified atom stereocenters. The van der Waals surface area contributed by atoms with Gasteiger partial charge in [0.2, 0.25) is 5.91 Å². The van der Waals surface area contributed by atoms with Gasteiger partial charge in [-0.1, -0.05) is 17.7 Å². The van der Waals surface area contributed by atoms with Gasteiger partial charge in [-0.3, -0.25) is 4.79 Å². The van der Waals surface area contributed by atoms with Crippen LogP contribution in [0.5, 0.6) is 0 Å². The molecule has 0 spiro atoms. The summed E-state index contributed by atoms with van der Waals surface area (Å²) >= 11 is 0. The molecule has 2 aromatic carbocycles. The molecule has 1 fully saturated rings. The summed E-state index contributed by atoms with van der Waals surface area (Å²) in [4.78, 5) is 23.9. The van der Waals surface area contributed by atoms with Gasteiger partial charge >= 0.3 is 5.97 Å². The first-order chi connectivity index (χ1) is 14.6. The van der Waals surface area contributed by atoms with Crippen LogP contribution in [0.3, 0.4) is 0 Å². The third-order valence-corrected chi connectivity index (χ3v) is 7.26. The fraction of sp³-hybridized carbons (Fsp3) is 0.364. The molecule has 1 heterocycles. The number of amides is 1. The molecular weight excluding hydrogens is 418 g/mol. The molecule has 1 amide bonds. The second kappa shape index (κ2) is 9.17. The lowest BCUT2D eigenvalue weighted by molar-refractivity contribution is -0.116. The predicted molar refractivity (Wildman–Crippen MR) is 118 cm³/mol. The average molecular weight is 446 g/mol. The van der Waals surface area contributed by atoms with E-state index in [1.54, 1.807) is 12.1 Å². The molecule has 0 aromatic heterocycles. The van der Waals surface area contributed by atoms with Crippen LogP contribution in [0.1, 0.15) is 32.6 Å². The van der Waals surface area contributed by atoms with E-state index in [-0.39, 0.29) is 19.6 Å². The van der Waals surface area contributed by atoms with Gasteiger partial charge in [-0.15, -0.1) is 0 Å². The smallest absolute Gasteiger partial charge is 0.337 e. The maximum absolute atomic E-state index is 12.9. The van der Waals surface area contributed by atoms with Crippen molar-refractivity contribution in [2.45, 2.75) is 27.3 Å². The highest BCUT2D eigenvalue weighted by Gasteiger charge is 2.37. The number of hydrogen-bond acceptors (Lipinski definition) is 5. The number of ether oxygens (including phenoxy) is 1. The SMILES string of the molecule is COC(=O)c1ccc(NC(=O)CN2CCN(Cc3c(C)cc(C)cc3C)S2(=O)=O)cc1. The van der Waals surface area contributed by atoms with Crippen molar-refractivity contribution in [1.29, 1.82) is 0 Å². The summed E-state index contributed by atoms with van der Waals surface area (Å²) in [6, 6.07) is 10.3. The molecule has 0 atom stereocenters. The molecule has 0 aliphatic carbocycles. The van der Waals surface area contributed by atoms with E-state index >= 15 is 0 Å². The molecule has 2 aromatic rings. The fourth-order valence-corrected chi connectivity index (χ4v) is 5.27. The molecule has 1 N–H and O–H groups in total. The first-order valence-electron chi connectivity index (χ1n) is 9.92. The number of carbonyl (C=O) groups excluding carboxylic acids is 2. The van der Waals surface area contributed by atoms with Gasteiger partial charge in [0, 0.05) is 25.3 Å². The summed E-state index contributed by atoms with van der Waals surface area (Å²) in [6.45, 7) is 6.57. The Morgan fingerprint density at radius 3 is 2.16 bits per heavy atom. The summed E-state index contributed by atoms with van der Waals surface area (Å²) in [5.74, 6) is -0.917. The Kier molecular flexibility index (Phi) is 6.78. The number of carbonyl (C=O) groups is 2. The number of anilines is 1. The van der Waals surface area contributed by atoms with Crippen molar-refractivity contribution in [2.24, 2.45) is 0 Å². The van der Waals surface area contributed by atoms with Crippen molar-refractivity contribution in [2.75, 3.05) is 32.1 Å². The highest BCUT2D eigenvalue weighted by atomic mass is 32.2. The standard InChI is InChI=1S/C22H27N3O5S/c1-15-11-16(2)20(17(3)12-15)13-24-9-10-25(31(24,28)29)14-21(26)23-19-7-5-18(6-8-19)22(27)30-4/h5-8,11-12H,9-10,13-14H2,1-4H3,(H,23,26). The van der Waals surface area contributed by atoms with Gasteiger partial charge < -0.3 is 10.1 Å². The van der Waals surface area contributed by atoms with E-state index in [0.29, 0.717) is 17.8 Å². The Hall–Kier alpha value is -2.75. The number of rotatable bonds is 6. The van der Waals surface area contributed by atoms with E-state index in [1.165, 1.54) is 27.9 Å². The summed E-state index contributed by atoms with van der Waals surface area (Å²) in [7, 11) is -2.44. The summed E-state index contributed by atoms with van der Waals surface area (Å²) in [6.07, 6.45) is 0. The topological polar surface area (TPSA) is 96.0 Å². The summed E-state index contributed by atoms with van der Waals surface area (Å²) in [5.41, 5.74) is 5.07. The van der Waals surface area contributed by atoms with Crippen molar-refractivity contribution in [3.05, 3.63) is 64.2 Å². The van der Waals surface area contributed by atoms with Crippen molar-refractivity contribution < 1.29 is 22.7 Å². The third kappa shape index (κ3) is 5.12. The van der Waals surface area contributed by atoms with Crippen molar-refractivity contribution >= 4 is 27.8 Å². The zero-order valence-electron chi connectivity index (χ0n) is 18.1. The van der Waals surface area contributed by atoms with Crippen molar-refractivity contribution in [1.82, 2.24) is 8.61 Å². The number of benzene rings is 2. The monoisotopic (exact) mass is 445 g/mol. The van der Waals surface area contributed by atoms with Crippen molar-refractivity contribution in [3.8, 4) is 0 Å². The molecule has 166 valence electrons. The highest BCUT2D eigenvalue weighted by Crippen LogP contribution is 2.24. The van der Waals surface area contributed by atoms with E-state index in [1.807, 2.05) is 32.9 Å². The predicted octanol–water partition coefficient (Wildman–Crippen LogP) is 2.40. The lowest BCUT2D eigenvalue weighted by atomic mass is 10.00. The van der Waals surface area contributed by atoms with Gasteiger partial charge in [0.25, 0.3) is 10.2 Å². The van der Waals surface area contributed by atoms with E-state index in [2.05, 4.69) is 10.1 Å². The Morgan fingerprint density at radius 1 is 1.00 bits per heavy atom. The number of esters is 1. The number of aryl methyl sites for hydroxylation is 3. The lowest BCUT2D eigenvalue weighted by Crippen LogP contribution is -2.38. The van der Waals surface area contributed by atoms with Crippen LogP contribution < -0.4 is 5.32 Å². The quantitative estimate of drug-likeness (QED) is 0.689. The minimum atomic E-state index is -3.73. The third-order valence-electron chi connectivity index (χ3n) is 5.34. The van der Waals surface area contributed by atoms with Gasteiger partial charge in [0.1, 0.15) is 0 Å². The molecule has 0 saturated carbocycles. The molecule has 0 bridgehead atoms. The van der Waals surface area contributed by atoms with Crippen LogP contribution in [0, 0.1) is 20.8 Å². The van der Waals surface area contributed by atoms with Crippen LogP contribution in [0.2, 0.25) is 0 Å². The summed E-state index contributed by atoms with van der Waals surface area (Å²) < 4.78 is 33.1. The Bertz CT molecular complexity index is 1070. The van der Waals surface area contributed by atoms with E-state index in [4.69, 9.17) is 0 Å². The number of methoxy groups -OCH3 is 1. The molecule has 9 heteroatoms. The van der Waals surface area contributed by atoms with Gasteiger partial charge in [0.05, 0.1) is 19.2 Å². The highest BCUT2D eigenvalue weighted by molar-refractivity contribution is 7.87. The number of hydrogen-bond donors (Lipinski definition) is 1. The van der Waals surface area contributed by atoms with Gasteiger partial charge in [-0.2, -0.15) is 17.0 Å². The minimum absolute atomic E-state index is 0.251. The molecule has 8 nitrogen and oxygen atoms in total. The fourth-order valence-electron chi connectivity index (χ4n) is 3.74. The Morgan fingerprint density at radius 2 is 1.58 bits per heavy atom. The van der Waals surface area contributed by atoms with Gasteiger partial charge in [-0.05, 0) is 61.7 Å². The van der Waals surface area contributed by atoms with Crippen LogP contribution >= 0.6 is 0 Å². The molecule has 0 radical (unpaired) electrons. The normalized spacial score (nSPS) is 16.3. The maximum atomic E-state index is 12.9. The average Bonchev–Trinajstić information content (AvgIpc) is 2.98. The van der Waals surface area contributed by atoms with Gasteiger partial charge in [0.15, 0.2) is 0 Å². The Balaban J connectivity index is 1.64. The van der Waals surface area contributed by atoms with E-state index < -0.39 is 22.1 Å². The molecule has 3 rings (SSSR count). The minimum Gasteiger partial charge on any atom is -0.465 e. The number of nitrogens with one attached hydrogen (secondary N) is 1. The van der Waals surface area contributed by atoms with Gasteiger partial charge in [-0.25, -0.2) is 4.79 Å². The Labute approximate surface area is 183 Å².